The van der Waals surface area contributed by atoms with E-state index in [1.54, 1.807) is 30.1 Å². The number of aryl methyl sites for hydroxylation is 1. The van der Waals surface area contributed by atoms with E-state index in [1.165, 1.54) is 0 Å². The lowest BCUT2D eigenvalue weighted by Crippen LogP contribution is -2.47. The van der Waals surface area contributed by atoms with Crippen molar-refractivity contribution < 1.29 is 5.11 Å². The van der Waals surface area contributed by atoms with Gasteiger partial charge in [0.1, 0.15) is 5.01 Å². The number of aliphatic hydroxyl groups is 1. The minimum atomic E-state index is -0.597. The molecule has 1 saturated heterocycles. The lowest BCUT2D eigenvalue weighted by atomic mass is 10.0. The summed E-state index contributed by atoms with van der Waals surface area (Å²) in [7, 11) is 1.73. The van der Waals surface area contributed by atoms with E-state index in [0.717, 1.165) is 28.6 Å². The summed E-state index contributed by atoms with van der Waals surface area (Å²) in [6.45, 7) is 3.18. The molecule has 1 fully saturated rings. The Morgan fingerprint density at radius 3 is 3.00 bits per heavy atom. The number of hydrogen-bond acceptors (Lipinski definition) is 5. The third kappa shape index (κ3) is 4.36. The van der Waals surface area contributed by atoms with E-state index in [1.807, 2.05) is 12.3 Å². The summed E-state index contributed by atoms with van der Waals surface area (Å²) in [5, 5.41) is 19.7. The first-order valence-corrected chi connectivity index (χ1v) is 8.30. The molecule has 19 heavy (non-hydrogen) atoms. The van der Waals surface area contributed by atoms with Gasteiger partial charge in [0.05, 0.1) is 12.1 Å². The highest BCUT2D eigenvalue weighted by Crippen LogP contribution is 2.26. The Hall–Kier alpha value is -0.790. The van der Waals surface area contributed by atoms with Gasteiger partial charge in [-0.25, -0.2) is 4.98 Å². The van der Waals surface area contributed by atoms with Crippen LogP contribution in [0.4, 0.5) is 0 Å². The molecule has 0 aliphatic carbocycles. The number of nitrogens with one attached hydrogen (secondary N) is 2. The van der Waals surface area contributed by atoms with E-state index in [2.05, 4.69) is 20.6 Å². The molecule has 0 aromatic carbocycles. The fourth-order valence-corrected chi connectivity index (χ4v) is 3.85. The minimum Gasteiger partial charge on any atom is -0.387 e. The molecule has 1 aliphatic heterocycles. The Morgan fingerprint density at radius 1 is 1.58 bits per heavy atom. The van der Waals surface area contributed by atoms with Gasteiger partial charge in [0.25, 0.3) is 0 Å². The molecule has 0 saturated carbocycles. The van der Waals surface area contributed by atoms with Gasteiger partial charge in [0.2, 0.25) is 0 Å². The molecule has 0 spiro atoms. The van der Waals surface area contributed by atoms with Crippen molar-refractivity contribution in [3.63, 3.8) is 0 Å². The summed E-state index contributed by atoms with van der Waals surface area (Å²) in [5.74, 6) is 2.53. The number of rotatable bonds is 4. The number of aromatic nitrogens is 1. The highest BCUT2D eigenvalue weighted by molar-refractivity contribution is 7.99. The van der Waals surface area contributed by atoms with Gasteiger partial charge in [-0.2, -0.15) is 11.8 Å². The third-order valence-electron chi connectivity index (χ3n) is 2.96. The van der Waals surface area contributed by atoms with Gasteiger partial charge in [0, 0.05) is 30.4 Å². The molecule has 106 valence electrons. The van der Waals surface area contributed by atoms with Crippen LogP contribution < -0.4 is 10.6 Å². The number of guanidine groups is 1. The average molecular weight is 300 g/mol. The van der Waals surface area contributed by atoms with E-state index < -0.39 is 5.60 Å². The van der Waals surface area contributed by atoms with E-state index in [9.17, 15) is 5.11 Å². The van der Waals surface area contributed by atoms with Gasteiger partial charge in [0.15, 0.2) is 5.96 Å². The maximum atomic E-state index is 10.2. The highest BCUT2D eigenvalue weighted by atomic mass is 32.2. The molecule has 0 bridgehead atoms. The van der Waals surface area contributed by atoms with Crippen LogP contribution in [-0.2, 0) is 6.54 Å². The Bertz CT molecular complexity index is 441. The largest absolute Gasteiger partial charge is 0.387 e. The van der Waals surface area contributed by atoms with Crippen LogP contribution in [0.1, 0.15) is 17.1 Å². The van der Waals surface area contributed by atoms with E-state index >= 15 is 0 Å². The second-order valence-electron chi connectivity index (χ2n) is 4.69. The van der Waals surface area contributed by atoms with Gasteiger partial charge in [-0.15, -0.1) is 11.3 Å². The first-order chi connectivity index (χ1) is 9.11. The van der Waals surface area contributed by atoms with Crippen LogP contribution in [0.25, 0.3) is 0 Å². The predicted molar refractivity (Wildman–Crippen MR) is 81.9 cm³/mol. The molecular weight excluding hydrogens is 280 g/mol. The first kappa shape index (κ1) is 14.6. The molecule has 2 rings (SSSR count). The topological polar surface area (TPSA) is 69.5 Å². The summed E-state index contributed by atoms with van der Waals surface area (Å²) in [6.07, 6.45) is 0.841. The molecule has 0 radical (unpaired) electrons. The Balaban J connectivity index is 1.77. The maximum Gasteiger partial charge on any atom is 0.191 e. The summed E-state index contributed by atoms with van der Waals surface area (Å²) < 4.78 is 0. The number of thioether (sulfide) groups is 1. The van der Waals surface area contributed by atoms with Crippen LogP contribution in [0.5, 0.6) is 0 Å². The second kappa shape index (κ2) is 6.58. The van der Waals surface area contributed by atoms with Crippen LogP contribution in [0.2, 0.25) is 0 Å². The SMILES string of the molecule is CN=C(NCc1nc(C)cs1)NCC1(O)CCSC1. The normalized spacial score (nSPS) is 23.6. The third-order valence-corrected chi connectivity index (χ3v) is 5.17. The molecule has 1 atom stereocenters. The molecule has 3 N–H and O–H groups in total. The lowest BCUT2D eigenvalue weighted by Gasteiger charge is -2.23. The smallest absolute Gasteiger partial charge is 0.191 e. The Morgan fingerprint density at radius 2 is 2.42 bits per heavy atom. The molecule has 0 amide bonds. The molecule has 1 aliphatic rings. The molecule has 1 aromatic heterocycles. The fraction of sp³-hybridized carbons (Fsp3) is 0.667. The van der Waals surface area contributed by atoms with E-state index in [4.69, 9.17) is 0 Å². The Kier molecular flexibility index (Phi) is 5.06. The van der Waals surface area contributed by atoms with Crippen LogP contribution in [-0.4, -0.2) is 46.7 Å². The van der Waals surface area contributed by atoms with E-state index in [-0.39, 0.29) is 0 Å². The van der Waals surface area contributed by atoms with Gasteiger partial charge in [-0.05, 0) is 19.1 Å². The number of hydrogen-bond donors (Lipinski definition) is 3. The summed E-state index contributed by atoms with van der Waals surface area (Å²) in [5.41, 5.74) is 0.446. The van der Waals surface area contributed by atoms with Gasteiger partial charge < -0.3 is 15.7 Å². The summed E-state index contributed by atoms with van der Waals surface area (Å²) in [4.78, 5) is 8.54. The molecular formula is C12H20N4OS2. The van der Waals surface area contributed by atoms with Crippen molar-refractivity contribution in [2.24, 2.45) is 4.99 Å². The van der Waals surface area contributed by atoms with Crippen molar-refractivity contribution in [1.82, 2.24) is 15.6 Å². The molecule has 1 aromatic rings. The van der Waals surface area contributed by atoms with Crippen molar-refractivity contribution >= 4 is 29.1 Å². The summed E-state index contributed by atoms with van der Waals surface area (Å²) in [6, 6.07) is 0. The highest BCUT2D eigenvalue weighted by Gasteiger charge is 2.31. The summed E-state index contributed by atoms with van der Waals surface area (Å²) >= 11 is 3.43. The minimum absolute atomic E-state index is 0.538. The van der Waals surface area contributed by atoms with Crippen LogP contribution in [0, 0.1) is 6.92 Å². The average Bonchev–Trinajstić information content (AvgIpc) is 2.99. The first-order valence-electron chi connectivity index (χ1n) is 6.27. The fourth-order valence-electron chi connectivity index (χ4n) is 1.85. The zero-order valence-electron chi connectivity index (χ0n) is 11.3. The van der Waals surface area contributed by atoms with Gasteiger partial charge >= 0.3 is 0 Å². The number of thiazole rings is 1. The van der Waals surface area contributed by atoms with Crippen LogP contribution in [0.15, 0.2) is 10.4 Å². The van der Waals surface area contributed by atoms with Crippen molar-refractivity contribution in [2.75, 3.05) is 25.1 Å². The molecule has 2 heterocycles. The van der Waals surface area contributed by atoms with Crippen molar-refractivity contribution in [1.29, 1.82) is 0 Å². The van der Waals surface area contributed by atoms with Crippen LogP contribution >= 0.6 is 23.1 Å². The molecule has 5 nitrogen and oxygen atoms in total. The van der Waals surface area contributed by atoms with Crippen molar-refractivity contribution in [3.05, 3.63) is 16.1 Å². The zero-order valence-corrected chi connectivity index (χ0v) is 12.9. The van der Waals surface area contributed by atoms with Crippen molar-refractivity contribution in [2.45, 2.75) is 25.5 Å². The van der Waals surface area contributed by atoms with Gasteiger partial charge in [-0.1, -0.05) is 0 Å². The predicted octanol–water partition coefficient (Wildman–Crippen LogP) is 0.985. The Labute approximate surface area is 121 Å². The molecule has 1 unspecified atom stereocenters. The quantitative estimate of drug-likeness (QED) is 0.571. The number of nitrogens with zero attached hydrogens (tertiary/aromatic N) is 2. The lowest BCUT2D eigenvalue weighted by molar-refractivity contribution is 0.0724. The van der Waals surface area contributed by atoms with Crippen molar-refractivity contribution in [3.8, 4) is 0 Å². The van der Waals surface area contributed by atoms with Crippen LogP contribution in [0.3, 0.4) is 0 Å². The van der Waals surface area contributed by atoms with Gasteiger partial charge in [-0.3, -0.25) is 4.99 Å². The number of aliphatic imine (C=N–C) groups is 1. The monoisotopic (exact) mass is 300 g/mol. The maximum absolute atomic E-state index is 10.2. The zero-order chi connectivity index (χ0) is 13.7. The standard InChI is InChI=1S/C12H20N4OS2/c1-9-6-19-10(16-9)5-14-11(13-2)15-7-12(17)3-4-18-8-12/h6,17H,3-5,7-8H2,1-2H3,(H2,13,14,15). The second-order valence-corrected chi connectivity index (χ2v) is 6.74. The van der Waals surface area contributed by atoms with E-state index in [0.29, 0.717) is 19.0 Å². The molecule has 7 heteroatoms.